The van der Waals surface area contributed by atoms with Crippen LogP contribution in [0.3, 0.4) is 0 Å². The van der Waals surface area contributed by atoms with Gasteiger partial charge >= 0.3 is 0 Å². The molecule has 0 atom stereocenters. The van der Waals surface area contributed by atoms with Gasteiger partial charge in [-0.25, -0.2) is 0 Å². The van der Waals surface area contributed by atoms with Crippen LogP contribution in [-0.4, -0.2) is 44.0 Å². The standard InChI is InChI=1S/C17H22N2O4/c1-22-12-5-6-13(14(11-12)23-2)18-15(20)17(7-8-17)16(21)19-9-3-4-10-19/h5-6,11H,3-4,7-10H2,1-2H3,(H,18,20). The minimum Gasteiger partial charge on any atom is -0.497 e. The van der Waals surface area contributed by atoms with Crippen molar-refractivity contribution >= 4 is 17.5 Å². The van der Waals surface area contributed by atoms with E-state index in [9.17, 15) is 9.59 Å². The molecule has 1 aromatic rings. The van der Waals surface area contributed by atoms with Crippen molar-refractivity contribution in [2.24, 2.45) is 5.41 Å². The summed E-state index contributed by atoms with van der Waals surface area (Å²) in [5.41, 5.74) is -0.325. The van der Waals surface area contributed by atoms with Gasteiger partial charge in [-0.2, -0.15) is 0 Å². The molecule has 3 rings (SSSR count). The fourth-order valence-electron chi connectivity index (χ4n) is 3.03. The molecule has 124 valence electrons. The van der Waals surface area contributed by atoms with Gasteiger partial charge in [0.05, 0.1) is 19.9 Å². The van der Waals surface area contributed by atoms with E-state index in [0.29, 0.717) is 30.0 Å². The topological polar surface area (TPSA) is 67.9 Å². The summed E-state index contributed by atoms with van der Waals surface area (Å²) in [5.74, 6) is 0.897. The van der Waals surface area contributed by atoms with Gasteiger partial charge in [0.25, 0.3) is 0 Å². The lowest BCUT2D eigenvalue weighted by Gasteiger charge is -2.22. The molecule has 1 saturated carbocycles. The van der Waals surface area contributed by atoms with E-state index in [1.165, 1.54) is 7.11 Å². The summed E-state index contributed by atoms with van der Waals surface area (Å²) < 4.78 is 10.4. The molecule has 1 aromatic carbocycles. The van der Waals surface area contributed by atoms with Crippen LogP contribution >= 0.6 is 0 Å². The first kappa shape index (κ1) is 15.6. The van der Waals surface area contributed by atoms with Gasteiger partial charge in [0.2, 0.25) is 11.8 Å². The molecule has 2 amide bonds. The Hall–Kier alpha value is -2.24. The van der Waals surface area contributed by atoms with E-state index >= 15 is 0 Å². The molecular formula is C17H22N2O4. The minimum absolute atomic E-state index is 0.0278. The van der Waals surface area contributed by atoms with E-state index in [0.717, 1.165) is 25.9 Å². The van der Waals surface area contributed by atoms with Crippen molar-refractivity contribution in [1.82, 2.24) is 4.90 Å². The van der Waals surface area contributed by atoms with E-state index in [-0.39, 0.29) is 11.8 Å². The second-order valence-electron chi connectivity index (χ2n) is 6.10. The van der Waals surface area contributed by atoms with Crippen molar-refractivity contribution in [3.05, 3.63) is 18.2 Å². The predicted octanol–water partition coefficient (Wildman–Crippen LogP) is 2.04. The lowest BCUT2D eigenvalue weighted by Crippen LogP contribution is -2.41. The van der Waals surface area contributed by atoms with E-state index < -0.39 is 5.41 Å². The van der Waals surface area contributed by atoms with E-state index in [1.54, 1.807) is 25.3 Å². The van der Waals surface area contributed by atoms with Crippen molar-refractivity contribution in [1.29, 1.82) is 0 Å². The molecule has 0 spiro atoms. The monoisotopic (exact) mass is 318 g/mol. The maximum absolute atomic E-state index is 12.7. The van der Waals surface area contributed by atoms with Crippen LogP contribution in [0.25, 0.3) is 0 Å². The fourth-order valence-corrected chi connectivity index (χ4v) is 3.03. The van der Waals surface area contributed by atoms with E-state index in [4.69, 9.17) is 9.47 Å². The third-order valence-electron chi connectivity index (χ3n) is 4.64. The predicted molar refractivity (Wildman–Crippen MR) is 85.7 cm³/mol. The summed E-state index contributed by atoms with van der Waals surface area (Å²) in [6, 6.07) is 5.18. The number of hydrogen-bond donors (Lipinski definition) is 1. The van der Waals surface area contributed by atoms with Crippen LogP contribution in [-0.2, 0) is 9.59 Å². The molecule has 0 bridgehead atoms. The van der Waals surface area contributed by atoms with Crippen molar-refractivity contribution in [2.45, 2.75) is 25.7 Å². The zero-order chi connectivity index (χ0) is 16.4. The van der Waals surface area contributed by atoms with Crippen molar-refractivity contribution < 1.29 is 19.1 Å². The summed E-state index contributed by atoms with van der Waals surface area (Å²) in [5, 5.41) is 2.85. The molecule has 0 unspecified atom stereocenters. The number of carbonyl (C=O) groups excluding carboxylic acids is 2. The Labute approximate surface area is 135 Å². The van der Waals surface area contributed by atoms with Crippen LogP contribution in [0.1, 0.15) is 25.7 Å². The quantitative estimate of drug-likeness (QED) is 0.844. The Morgan fingerprint density at radius 3 is 2.39 bits per heavy atom. The van der Waals surface area contributed by atoms with Crippen LogP contribution in [0.4, 0.5) is 5.69 Å². The number of hydrogen-bond acceptors (Lipinski definition) is 4. The molecule has 1 aliphatic carbocycles. The smallest absolute Gasteiger partial charge is 0.240 e. The second-order valence-corrected chi connectivity index (χ2v) is 6.10. The molecule has 2 fully saturated rings. The Morgan fingerprint density at radius 2 is 1.83 bits per heavy atom. The fraction of sp³-hybridized carbons (Fsp3) is 0.529. The minimum atomic E-state index is -0.880. The third kappa shape index (κ3) is 2.85. The highest BCUT2D eigenvalue weighted by atomic mass is 16.5. The molecule has 23 heavy (non-hydrogen) atoms. The summed E-state index contributed by atoms with van der Waals surface area (Å²) in [6.07, 6.45) is 3.28. The van der Waals surface area contributed by atoms with E-state index in [1.807, 2.05) is 4.90 Å². The average molecular weight is 318 g/mol. The lowest BCUT2D eigenvalue weighted by molar-refractivity contribution is -0.141. The zero-order valence-corrected chi connectivity index (χ0v) is 13.6. The van der Waals surface area contributed by atoms with Gasteiger partial charge in [-0.3, -0.25) is 9.59 Å². The highest BCUT2D eigenvalue weighted by Crippen LogP contribution is 2.49. The van der Waals surface area contributed by atoms with Gasteiger partial charge in [0.15, 0.2) is 0 Å². The first-order chi connectivity index (χ1) is 11.1. The lowest BCUT2D eigenvalue weighted by atomic mass is 10.0. The van der Waals surface area contributed by atoms with Crippen molar-refractivity contribution in [3.63, 3.8) is 0 Å². The summed E-state index contributed by atoms with van der Waals surface area (Å²) in [4.78, 5) is 27.1. The number of rotatable bonds is 5. The number of nitrogens with zero attached hydrogens (tertiary/aromatic N) is 1. The van der Waals surface area contributed by atoms with Gasteiger partial charge in [-0.15, -0.1) is 0 Å². The zero-order valence-electron chi connectivity index (χ0n) is 13.6. The first-order valence-electron chi connectivity index (χ1n) is 7.93. The van der Waals surface area contributed by atoms with Gasteiger partial charge in [0.1, 0.15) is 16.9 Å². The second kappa shape index (κ2) is 6.10. The van der Waals surface area contributed by atoms with E-state index in [2.05, 4.69) is 5.32 Å². The number of methoxy groups -OCH3 is 2. The van der Waals surface area contributed by atoms with Crippen LogP contribution in [0.2, 0.25) is 0 Å². The summed E-state index contributed by atoms with van der Waals surface area (Å²) >= 11 is 0. The molecule has 0 aromatic heterocycles. The molecule has 6 nitrogen and oxygen atoms in total. The van der Waals surface area contributed by atoms with Crippen LogP contribution in [0, 0.1) is 5.41 Å². The molecule has 0 radical (unpaired) electrons. The van der Waals surface area contributed by atoms with Crippen LogP contribution in [0.5, 0.6) is 11.5 Å². The van der Waals surface area contributed by atoms with Crippen molar-refractivity contribution in [3.8, 4) is 11.5 Å². The normalized spacial score (nSPS) is 18.4. The third-order valence-corrected chi connectivity index (χ3v) is 4.64. The first-order valence-corrected chi connectivity index (χ1v) is 7.93. The van der Waals surface area contributed by atoms with Crippen LogP contribution in [0.15, 0.2) is 18.2 Å². The summed E-state index contributed by atoms with van der Waals surface area (Å²) in [6.45, 7) is 1.53. The molecule has 6 heteroatoms. The molecule has 1 aliphatic heterocycles. The maximum Gasteiger partial charge on any atom is 0.240 e. The highest BCUT2D eigenvalue weighted by molar-refractivity contribution is 6.13. The number of likely N-dealkylation sites (tertiary alicyclic amines) is 1. The van der Waals surface area contributed by atoms with Gasteiger partial charge in [-0.05, 0) is 37.8 Å². The Morgan fingerprint density at radius 1 is 1.13 bits per heavy atom. The van der Waals surface area contributed by atoms with Gasteiger partial charge < -0.3 is 19.7 Å². The summed E-state index contributed by atoms with van der Waals surface area (Å²) in [7, 11) is 3.10. The Kier molecular flexibility index (Phi) is 4.15. The number of ether oxygens (including phenoxy) is 2. The number of amides is 2. The molecular weight excluding hydrogens is 296 g/mol. The van der Waals surface area contributed by atoms with Crippen molar-refractivity contribution in [2.75, 3.05) is 32.6 Å². The Bertz CT molecular complexity index is 619. The maximum atomic E-state index is 12.7. The average Bonchev–Trinajstić information content (AvgIpc) is 3.21. The largest absolute Gasteiger partial charge is 0.497 e. The molecule has 1 saturated heterocycles. The van der Waals surface area contributed by atoms with Gasteiger partial charge in [-0.1, -0.05) is 0 Å². The number of benzene rings is 1. The number of nitrogens with one attached hydrogen (secondary N) is 1. The molecule has 1 heterocycles. The molecule has 1 N–H and O–H groups in total. The highest BCUT2D eigenvalue weighted by Gasteiger charge is 2.58. The van der Waals surface area contributed by atoms with Crippen LogP contribution < -0.4 is 14.8 Å². The number of carbonyl (C=O) groups is 2. The molecule has 2 aliphatic rings. The number of anilines is 1. The Balaban J connectivity index is 1.75. The SMILES string of the molecule is COc1ccc(NC(=O)C2(C(=O)N3CCCC3)CC2)c(OC)c1. The van der Waals surface area contributed by atoms with Gasteiger partial charge in [0, 0.05) is 19.2 Å².